The topological polar surface area (TPSA) is 64.4 Å². The molecule has 2 rings (SSSR count). The second-order valence-corrected chi connectivity index (χ2v) is 5.46. The molecule has 0 aliphatic carbocycles. The maximum atomic E-state index is 12.0. The number of amides is 1. The summed E-state index contributed by atoms with van der Waals surface area (Å²) >= 11 is 0. The second-order valence-electron chi connectivity index (χ2n) is 5.46. The average Bonchev–Trinajstić information content (AvgIpc) is 2.39. The molecular weight excluding hydrogens is 240 g/mol. The van der Waals surface area contributed by atoms with E-state index in [1.807, 2.05) is 31.2 Å². The molecule has 1 fully saturated rings. The number of nitrogens with two attached hydrogens (primary N) is 1. The maximum absolute atomic E-state index is 12.0. The Kier molecular flexibility index (Phi) is 4.56. The van der Waals surface area contributed by atoms with Gasteiger partial charge in [-0.3, -0.25) is 4.79 Å². The van der Waals surface area contributed by atoms with E-state index in [-0.39, 0.29) is 11.4 Å². The van der Waals surface area contributed by atoms with Crippen molar-refractivity contribution in [2.24, 2.45) is 5.73 Å². The molecule has 4 heteroatoms. The predicted octanol–water partition coefficient (Wildman–Crippen LogP) is 1.37. The quantitative estimate of drug-likeness (QED) is 0.861. The molecule has 1 aliphatic heterocycles. The van der Waals surface area contributed by atoms with Gasteiger partial charge in [-0.05, 0) is 30.9 Å². The lowest BCUT2D eigenvalue weighted by Crippen LogP contribution is -2.52. The minimum Gasteiger partial charge on any atom is -0.379 e. The largest absolute Gasteiger partial charge is 0.379 e. The maximum Gasteiger partial charge on any atom is 0.224 e. The highest BCUT2D eigenvalue weighted by Gasteiger charge is 2.29. The Morgan fingerprint density at radius 2 is 2.05 bits per heavy atom. The van der Waals surface area contributed by atoms with E-state index in [9.17, 15) is 4.79 Å². The molecule has 1 unspecified atom stereocenters. The minimum atomic E-state index is -0.216. The number of ether oxygens (including phenoxy) is 1. The number of nitrogens with one attached hydrogen (secondary N) is 1. The Labute approximate surface area is 114 Å². The van der Waals surface area contributed by atoms with Crippen LogP contribution in [0.5, 0.6) is 0 Å². The molecule has 0 radical (unpaired) electrons. The number of rotatable bonds is 4. The number of hydrogen-bond donors (Lipinski definition) is 2. The van der Waals surface area contributed by atoms with E-state index in [0.717, 1.165) is 30.6 Å². The summed E-state index contributed by atoms with van der Waals surface area (Å²) in [4.78, 5) is 12.0. The van der Waals surface area contributed by atoms with Crippen LogP contribution in [0.3, 0.4) is 0 Å². The summed E-state index contributed by atoms with van der Waals surface area (Å²) in [5.41, 5.74) is 7.42. The number of carbonyl (C=O) groups is 1. The molecule has 0 saturated carbocycles. The highest BCUT2D eigenvalue weighted by atomic mass is 16.5. The lowest BCUT2D eigenvalue weighted by molar-refractivity contribution is -0.124. The van der Waals surface area contributed by atoms with Crippen molar-refractivity contribution in [3.63, 3.8) is 0 Å². The van der Waals surface area contributed by atoms with Gasteiger partial charge in [-0.25, -0.2) is 0 Å². The van der Waals surface area contributed by atoms with E-state index in [0.29, 0.717) is 19.6 Å². The monoisotopic (exact) mass is 262 g/mol. The van der Waals surface area contributed by atoms with Crippen molar-refractivity contribution >= 4 is 5.91 Å². The summed E-state index contributed by atoms with van der Waals surface area (Å²) in [5.74, 6) is 0.0495. The van der Waals surface area contributed by atoms with Crippen molar-refractivity contribution < 1.29 is 9.53 Å². The Morgan fingerprint density at radius 1 is 1.37 bits per heavy atom. The standard InChI is InChI=1S/C15H22N2O2/c1-15(7-2-8-19-11-15)17-14(18)9-12-3-5-13(10-16)6-4-12/h3-6H,2,7-11,16H2,1H3,(H,17,18). The van der Waals surface area contributed by atoms with Crippen molar-refractivity contribution in [2.75, 3.05) is 13.2 Å². The third-order valence-electron chi connectivity index (χ3n) is 3.50. The van der Waals surface area contributed by atoms with Gasteiger partial charge in [-0.1, -0.05) is 24.3 Å². The van der Waals surface area contributed by atoms with Crippen molar-refractivity contribution in [1.82, 2.24) is 5.32 Å². The van der Waals surface area contributed by atoms with Gasteiger partial charge in [0, 0.05) is 13.2 Å². The molecule has 19 heavy (non-hydrogen) atoms. The number of benzene rings is 1. The van der Waals surface area contributed by atoms with Crippen molar-refractivity contribution in [2.45, 2.75) is 38.3 Å². The van der Waals surface area contributed by atoms with Gasteiger partial charge >= 0.3 is 0 Å². The predicted molar refractivity (Wildman–Crippen MR) is 74.6 cm³/mol. The normalized spacial score (nSPS) is 23.1. The van der Waals surface area contributed by atoms with Crippen LogP contribution in [0, 0.1) is 0 Å². The summed E-state index contributed by atoms with van der Waals surface area (Å²) in [7, 11) is 0. The third kappa shape index (κ3) is 4.04. The molecule has 0 bridgehead atoms. The summed E-state index contributed by atoms with van der Waals surface area (Å²) in [6.07, 6.45) is 2.38. The van der Waals surface area contributed by atoms with Crippen LogP contribution in [0.1, 0.15) is 30.9 Å². The molecular formula is C15H22N2O2. The number of hydrogen-bond acceptors (Lipinski definition) is 3. The lowest BCUT2D eigenvalue weighted by atomic mass is 9.94. The van der Waals surface area contributed by atoms with Gasteiger partial charge in [0.1, 0.15) is 0 Å². The SMILES string of the molecule is CC1(NC(=O)Cc2ccc(CN)cc2)CCCOC1. The van der Waals surface area contributed by atoms with Gasteiger partial charge in [0.05, 0.1) is 18.6 Å². The average molecular weight is 262 g/mol. The van der Waals surface area contributed by atoms with Gasteiger partial charge < -0.3 is 15.8 Å². The molecule has 1 saturated heterocycles. The van der Waals surface area contributed by atoms with Crippen LogP contribution < -0.4 is 11.1 Å². The molecule has 1 aromatic carbocycles. The van der Waals surface area contributed by atoms with Gasteiger partial charge in [-0.15, -0.1) is 0 Å². The van der Waals surface area contributed by atoms with E-state index in [1.165, 1.54) is 0 Å². The fraction of sp³-hybridized carbons (Fsp3) is 0.533. The zero-order chi connectivity index (χ0) is 13.7. The fourth-order valence-corrected chi connectivity index (χ4v) is 2.39. The molecule has 4 nitrogen and oxygen atoms in total. The first-order chi connectivity index (χ1) is 9.11. The van der Waals surface area contributed by atoms with Crippen LogP contribution in [0.25, 0.3) is 0 Å². The van der Waals surface area contributed by atoms with Crippen molar-refractivity contribution in [1.29, 1.82) is 0 Å². The molecule has 1 aliphatic rings. The van der Waals surface area contributed by atoms with E-state index in [1.54, 1.807) is 0 Å². The van der Waals surface area contributed by atoms with E-state index in [4.69, 9.17) is 10.5 Å². The summed E-state index contributed by atoms with van der Waals surface area (Å²) < 4.78 is 5.44. The van der Waals surface area contributed by atoms with E-state index in [2.05, 4.69) is 5.32 Å². The second kappa shape index (κ2) is 6.17. The van der Waals surface area contributed by atoms with Crippen LogP contribution in [0.4, 0.5) is 0 Å². The molecule has 104 valence electrons. The van der Waals surface area contributed by atoms with Gasteiger partial charge in [0.2, 0.25) is 5.91 Å². The van der Waals surface area contributed by atoms with Gasteiger partial charge in [0.25, 0.3) is 0 Å². The molecule has 1 heterocycles. The Bertz CT molecular complexity index is 422. The molecule has 0 aromatic heterocycles. The lowest BCUT2D eigenvalue weighted by Gasteiger charge is -2.34. The van der Waals surface area contributed by atoms with Crippen LogP contribution in [-0.4, -0.2) is 24.7 Å². The molecule has 0 spiro atoms. The highest BCUT2D eigenvalue weighted by Crippen LogP contribution is 2.18. The molecule has 1 amide bonds. The summed E-state index contributed by atoms with van der Waals surface area (Å²) in [6, 6.07) is 7.85. The molecule has 3 N–H and O–H groups in total. The van der Waals surface area contributed by atoms with Crippen molar-refractivity contribution in [3.8, 4) is 0 Å². The Balaban J connectivity index is 1.89. The van der Waals surface area contributed by atoms with Crippen LogP contribution in [-0.2, 0) is 22.5 Å². The van der Waals surface area contributed by atoms with Gasteiger partial charge in [0.15, 0.2) is 0 Å². The fourth-order valence-electron chi connectivity index (χ4n) is 2.39. The Hall–Kier alpha value is -1.39. The first kappa shape index (κ1) is 14.0. The van der Waals surface area contributed by atoms with E-state index < -0.39 is 0 Å². The Morgan fingerprint density at radius 3 is 2.63 bits per heavy atom. The molecule has 1 aromatic rings. The van der Waals surface area contributed by atoms with Gasteiger partial charge in [-0.2, -0.15) is 0 Å². The number of carbonyl (C=O) groups excluding carboxylic acids is 1. The minimum absolute atomic E-state index is 0.0495. The zero-order valence-electron chi connectivity index (χ0n) is 11.4. The zero-order valence-corrected chi connectivity index (χ0v) is 11.4. The van der Waals surface area contributed by atoms with Crippen molar-refractivity contribution in [3.05, 3.63) is 35.4 Å². The van der Waals surface area contributed by atoms with Crippen LogP contribution >= 0.6 is 0 Å². The van der Waals surface area contributed by atoms with E-state index >= 15 is 0 Å². The van der Waals surface area contributed by atoms with Crippen LogP contribution in [0.15, 0.2) is 24.3 Å². The summed E-state index contributed by atoms with van der Waals surface area (Å²) in [5, 5.41) is 3.08. The first-order valence-corrected chi connectivity index (χ1v) is 6.78. The summed E-state index contributed by atoms with van der Waals surface area (Å²) in [6.45, 7) is 3.97. The first-order valence-electron chi connectivity index (χ1n) is 6.78. The highest BCUT2D eigenvalue weighted by molar-refractivity contribution is 5.79. The smallest absolute Gasteiger partial charge is 0.224 e. The third-order valence-corrected chi connectivity index (χ3v) is 3.50. The molecule has 1 atom stereocenters. The van der Waals surface area contributed by atoms with Crippen LogP contribution in [0.2, 0.25) is 0 Å².